The Balaban J connectivity index is 2.24. The second-order valence-corrected chi connectivity index (χ2v) is 4.40. The van der Waals surface area contributed by atoms with Gasteiger partial charge in [0.05, 0.1) is 13.1 Å². The summed E-state index contributed by atoms with van der Waals surface area (Å²) < 4.78 is 27.4. The summed E-state index contributed by atoms with van der Waals surface area (Å²) >= 11 is 0. The average Bonchev–Trinajstić information content (AvgIpc) is 2.25. The first-order valence-corrected chi connectivity index (χ1v) is 5.24. The van der Waals surface area contributed by atoms with Gasteiger partial charge >= 0.3 is 0 Å². The van der Waals surface area contributed by atoms with Gasteiger partial charge in [-0.15, -0.1) is 0 Å². The monoisotopic (exact) mass is 244 g/mol. The minimum atomic E-state index is -2.04. The second-order valence-electron chi connectivity index (χ2n) is 4.40. The maximum absolute atomic E-state index is 13.9. The highest BCUT2D eigenvalue weighted by Crippen LogP contribution is 2.29. The standard InChI is InChI=1S/C10H14F2N4O/c1-10(12)5-16(4-6(11)8(10)17)9-14-3-2-7(13)15-9/h2-3,6,8,17H,4-5H2,1H3,(H2,13,14,15)/t6-,8-,10-/m0/s1. The Labute approximate surface area is 97.3 Å². The Kier molecular flexibility index (Phi) is 2.86. The molecule has 0 radical (unpaired) electrons. The van der Waals surface area contributed by atoms with Crippen molar-refractivity contribution in [1.82, 2.24) is 9.97 Å². The fourth-order valence-corrected chi connectivity index (χ4v) is 1.89. The minimum absolute atomic E-state index is 0.149. The van der Waals surface area contributed by atoms with Crippen molar-refractivity contribution in [2.75, 3.05) is 23.7 Å². The van der Waals surface area contributed by atoms with Gasteiger partial charge < -0.3 is 15.7 Å². The van der Waals surface area contributed by atoms with Gasteiger partial charge in [0.2, 0.25) is 5.95 Å². The van der Waals surface area contributed by atoms with Crippen molar-refractivity contribution < 1.29 is 13.9 Å². The van der Waals surface area contributed by atoms with E-state index < -0.39 is 17.9 Å². The number of nitrogen functional groups attached to an aromatic ring is 1. The molecule has 1 aromatic rings. The highest BCUT2D eigenvalue weighted by molar-refractivity contribution is 5.39. The van der Waals surface area contributed by atoms with Crippen molar-refractivity contribution >= 4 is 11.8 Å². The fourth-order valence-electron chi connectivity index (χ4n) is 1.89. The Hall–Kier alpha value is -1.50. The molecule has 94 valence electrons. The van der Waals surface area contributed by atoms with E-state index in [0.717, 1.165) is 6.92 Å². The Bertz CT molecular complexity index is 415. The summed E-state index contributed by atoms with van der Waals surface area (Å²) in [5.41, 5.74) is 3.44. The number of nitrogens with zero attached hydrogens (tertiary/aromatic N) is 3. The highest BCUT2D eigenvalue weighted by atomic mass is 19.2. The van der Waals surface area contributed by atoms with Crippen LogP contribution in [-0.4, -0.2) is 46.1 Å². The van der Waals surface area contributed by atoms with Crippen LogP contribution in [0.25, 0.3) is 0 Å². The Morgan fingerprint density at radius 1 is 1.65 bits per heavy atom. The first-order chi connectivity index (χ1) is 7.90. The summed E-state index contributed by atoms with van der Waals surface area (Å²) in [4.78, 5) is 9.15. The number of aromatic nitrogens is 2. The number of aliphatic hydroxyl groups is 1. The van der Waals surface area contributed by atoms with Crippen LogP contribution in [0.4, 0.5) is 20.5 Å². The molecular weight excluding hydrogens is 230 g/mol. The smallest absolute Gasteiger partial charge is 0.227 e. The number of halogens is 2. The van der Waals surface area contributed by atoms with Crippen LogP contribution in [0.5, 0.6) is 0 Å². The normalized spacial score (nSPS) is 33.8. The van der Waals surface area contributed by atoms with E-state index in [2.05, 4.69) is 9.97 Å². The van der Waals surface area contributed by atoms with Gasteiger partial charge in [-0.05, 0) is 13.0 Å². The zero-order chi connectivity index (χ0) is 12.6. The molecule has 7 heteroatoms. The largest absolute Gasteiger partial charge is 0.387 e. The van der Waals surface area contributed by atoms with Crippen LogP contribution in [-0.2, 0) is 0 Å². The van der Waals surface area contributed by atoms with E-state index in [1.54, 1.807) is 0 Å². The van der Waals surface area contributed by atoms with E-state index in [0.29, 0.717) is 0 Å². The molecule has 0 amide bonds. The molecule has 0 aromatic carbocycles. The molecule has 17 heavy (non-hydrogen) atoms. The molecule has 1 aliphatic rings. The second kappa shape index (κ2) is 4.06. The Morgan fingerprint density at radius 3 is 2.94 bits per heavy atom. The molecule has 0 saturated carbocycles. The van der Waals surface area contributed by atoms with Gasteiger partial charge in [0, 0.05) is 6.20 Å². The highest BCUT2D eigenvalue weighted by Gasteiger charge is 2.46. The fraction of sp³-hybridized carbons (Fsp3) is 0.600. The SMILES string of the molecule is C[C@]1(F)CN(c2nccc(N)n2)C[C@H](F)[C@@H]1O. The molecule has 0 unspecified atom stereocenters. The molecule has 3 N–H and O–H groups in total. The van der Waals surface area contributed by atoms with Crippen molar-refractivity contribution in [2.24, 2.45) is 0 Å². The molecule has 1 aromatic heterocycles. The number of hydrogen-bond donors (Lipinski definition) is 2. The summed E-state index contributed by atoms with van der Waals surface area (Å²) in [5.74, 6) is 0.403. The van der Waals surface area contributed by atoms with Crippen molar-refractivity contribution in [3.63, 3.8) is 0 Å². The van der Waals surface area contributed by atoms with Crippen LogP contribution in [0, 0.1) is 0 Å². The van der Waals surface area contributed by atoms with Gasteiger partial charge in [0.15, 0.2) is 5.67 Å². The van der Waals surface area contributed by atoms with Crippen LogP contribution in [0.1, 0.15) is 6.92 Å². The van der Waals surface area contributed by atoms with E-state index in [-0.39, 0.29) is 24.9 Å². The maximum Gasteiger partial charge on any atom is 0.227 e. The number of nitrogens with two attached hydrogens (primary N) is 1. The average molecular weight is 244 g/mol. The van der Waals surface area contributed by atoms with Gasteiger partial charge in [-0.25, -0.2) is 13.8 Å². The third-order valence-corrected chi connectivity index (χ3v) is 2.80. The molecule has 2 rings (SSSR count). The number of alkyl halides is 2. The lowest BCUT2D eigenvalue weighted by Gasteiger charge is -2.40. The number of hydrogen-bond acceptors (Lipinski definition) is 5. The first kappa shape index (κ1) is 12.0. The third kappa shape index (κ3) is 2.28. The summed E-state index contributed by atoms with van der Waals surface area (Å²) in [7, 11) is 0. The lowest BCUT2D eigenvalue weighted by molar-refractivity contribution is -0.0545. The Morgan fingerprint density at radius 2 is 2.35 bits per heavy atom. The summed E-state index contributed by atoms with van der Waals surface area (Å²) in [6.07, 6.45) is -1.88. The topological polar surface area (TPSA) is 75.3 Å². The number of anilines is 2. The molecule has 0 aliphatic carbocycles. The lowest BCUT2D eigenvalue weighted by atomic mass is 9.92. The molecule has 1 fully saturated rings. The number of rotatable bonds is 1. The van der Waals surface area contributed by atoms with Crippen molar-refractivity contribution in [3.8, 4) is 0 Å². The maximum atomic E-state index is 13.9. The van der Waals surface area contributed by atoms with E-state index in [1.165, 1.54) is 17.2 Å². The predicted molar refractivity (Wildman–Crippen MR) is 59.1 cm³/mol. The minimum Gasteiger partial charge on any atom is -0.387 e. The van der Waals surface area contributed by atoms with Crippen LogP contribution < -0.4 is 10.6 Å². The molecule has 0 spiro atoms. The van der Waals surface area contributed by atoms with E-state index >= 15 is 0 Å². The molecule has 1 aliphatic heterocycles. The van der Waals surface area contributed by atoms with Crippen LogP contribution in [0.2, 0.25) is 0 Å². The van der Waals surface area contributed by atoms with Crippen molar-refractivity contribution in [2.45, 2.75) is 24.9 Å². The zero-order valence-electron chi connectivity index (χ0n) is 9.35. The third-order valence-electron chi connectivity index (χ3n) is 2.80. The van der Waals surface area contributed by atoms with Crippen molar-refractivity contribution in [1.29, 1.82) is 0 Å². The molecule has 0 bridgehead atoms. The van der Waals surface area contributed by atoms with Gasteiger partial charge in [-0.1, -0.05) is 0 Å². The van der Waals surface area contributed by atoms with Gasteiger partial charge in [0.1, 0.15) is 18.1 Å². The summed E-state index contributed by atoms with van der Waals surface area (Å²) in [6, 6.07) is 1.49. The van der Waals surface area contributed by atoms with E-state index in [4.69, 9.17) is 5.73 Å². The van der Waals surface area contributed by atoms with E-state index in [1.807, 2.05) is 0 Å². The molecule has 1 saturated heterocycles. The first-order valence-electron chi connectivity index (χ1n) is 5.24. The quantitative estimate of drug-likeness (QED) is 0.743. The van der Waals surface area contributed by atoms with Gasteiger partial charge in [-0.3, -0.25) is 0 Å². The summed E-state index contributed by atoms with van der Waals surface area (Å²) in [6.45, 7) is 0.838. The van der Waals surface area contributed by atoms with Gasteiger partial charge in [0.25, 0.3) is 0 Å². The predicted octanol–water partition coefficient (Wildman–Crippen LogP) is 0.306. The van der Waals surface area contributed by atoms with Gasteiger partial charge in [-0.2, -0.15) is 4.98 Å². The van der Waals surface area contributed by atoms with Crippen LogP contribution in [0.15, 0.2) is 12.3 Å². The molecular formula is C10H14F2N4O. The molecule has 2 heterocycles. The van der Waals surface area contributed by atoms with Crippen LogP contribution in [0.3, 0.4) is 0 Å². The van der Waals surface area contributed by atoms with E-state index in [9.17, 15) is 13.9 Å². The van der Waals surface area contributed by atoms with Crippen molar-refractivity contribution in [3.05, 3.63) is 12.3 Å². The summed E-state index contributed by atoms with van der Waals surface area (Å²) in [5, 5.41) is 9.38. The number of piperidine rings is 1. The van der Waals surface area contributed by atoms with Crippen LogP contribution >= 0.6 is 0 Å². The molecule has 5 nitrogen and oxygen atoms in total. The molecule has 3 atom stereocenters. The zero-order valence-corrected chi connectivity index (χ0v) is 9.35. The number of aliphatic hydroxyl groups excluding tert-OH is 1. The lowest BCUT2D eigenvalue weighted by Crippen LogP contribution is -2.59.